The number of benzene rings is 3. The quantitative estimate of drug-likeness (QED) is 0.666. The summed E-state index contributed by atoms with van der Waals surface area (Å²) in [5.74, 6) is 1.16. The van der Waals surface area contributed by atoms with Gasteiger partial charge in [0.15, 0.2) is 11.5 Å². The minimum Gasteiger partial charge on any atom is -0.457 e. The topological polar surface area (TPSA) is 56.8 Å². The molecule has 3 heterocycles. The third-order valence-electron chi connectivity index (χ3n) is 5.44. The highest BCUT2D eigenvalue weighted by molar-refractivity contribution is 6.11. The van der Waals surface area contributed by atoms with Crippen LogP contribution in [0.1, 0.15) is 17.2 Å². The van der Waals surface area contributed by atoms with Crippen LogP contribution < -0.4 is 14.8 Å². The smallest absolute Gasteiger partial charge is 0.337 e. The Morgan fingerprint density at radius 3 is 2.78 bits per heavy atom. The lowest BCUT2D eigenvalue weighted by Gasteiger charge is -2.28. The molecule has 0 bridgehead atoms. The summed E-state index contributed by atoms with van der Waals surface area (Å²) < 4.78 is 16.4. The minimum atomic E-state index is -0.279. The maximum absolute atomic E-state index is 12.6. The van der Waals surface area contributed by atoms with Crippen LogP contribution in [0.5, 0.6) is 11.5 Å². The summed E-state index contributed by atoms with van der Waals surface area (Å²) in [6, 6.07) is 17.9. The van der Waals surface area contributed by atoms with Gasteiger partial charge in [-0.25, -0.2) is 4.79 Å². The van der Waals surface area contributed by atoms with Gasteiger partial charge in [0.1, 0.15) is 6.61 Å². The molecule has 1 N–H and O–H groups in total. The number of ether oxygens (including phenoxy) is 3. The van der Waals surface area contributed by atoms with Gasteiger partial charge in [-0.15, -0.1) is 0 Å². The van der Waals surface area contributed by atoms with Crippen LogP contribution in [-0.4, -0.2) is 19.4 Å². The number of cyclic esters (lactones) is 1. The van der Waals surface area contributed by atoms with Gasteiger partial charge in [0, 0.05) is 16.8 Å². The first-order chi connectivity index (χ1) is 13.3. The number of nitrogens with one attached hydrogen (secondary N) is 1. The molecule has 5 heteroatoms. The normalized spacial score (nSPS) is 19.6. The van der Waals surface area contributed by atoms with Crippen molar-refractivity contribution in [1.29, 1.82) is 0 Å². The molecule has 0 amide bonds. The Morgan fingerprint density at radius 1 is 0.926 bits per heavy atom. The molecule has 0 saturated heterocycles. The molecule has 132 valence electrons. The van der Waals surface area contributed by atoms with Crippen molar-refractivity contribution in [2.75, 3.05) is 18.7 Å². The molecular weight excluding hydrogens is 342 g/mol. The van der Waals surface area contributed by atoms with Gasteiger partial charge in [-0.05, 0) is 34.5 Å². The summed E-state index contributed by atoms with van der Waals surface area (Å²) in [6.07, 6.45) is 0. The lowest BCUT2D eigenvalue weighted by molar-refractivity contribution is -0.136. The van der Waals surface area contributed by atoms with E-state index in [1.54, 1.807) is 0 Å². The fourth-order valence-corrected chi connectivity index (χ4v) is 4.20. The number of esters is 1. The Balaban J connectivity index is 1.57. The van der Waals surface area contributed by atoms with E-state index in [1.807, 2.05) is 30.3 Å². The number of hydrogen-bond acceptors (Lipinski definition) is 5. The Morgan fingerprint density at radius 2 is 1.81 bits per heavy atom. The molecule has 3 aromatic carbocycles. The SMILES string of the molecule is O=C1OCC2=C1[C@H](c1ccc3c(c1)OCO3)Nc1ccc3ccccc3c12. The highest BCUT2D eigenvalue weighted by Crippen LogP contribution is 2.47. The molecule has 0 saturated carbocycles. The molecule has 3 aromatic rings. The van der Waals surface area contributed by atoms with E-state index in [9.17, 15) is 4.79 Å². The lowest BCUT2D eigenvalue weighted by Crippen LogP contribution is -2.22. The molecule has 5 nitrogen and oxygen atoms in total. The average molecular weight is 357 g/mol. The molecule has 0 radical (unpaired) electrons. The average Bonchev–Trinajstić information content (AvgIpc) is 3.33. The fraction of sp³-hybridized carbons (Fsp3) is 0.136. The predicted molar refractivity (Wildman–Crippen MR) is 101 cm³/mol. The van der Waals surface area contributed by atoms with Crippen molar-refractivity contribution in [1.82, 2.24) is 0 Å². The molecule has 0 unspecified atom stereocenters. The third kappa shape index (κ3) is 2.02. The van der Waals surface area contributed by atoms with Gasteiger partial charge in [0.05, 0.1) is 11.6 Å². The van der Waals surface area contributed by atoms with Crippen LogP contribution >= 0.6 is 0 Å². The van der Waals surface area contributed by atoms with Gasteiger partial charge in [0.25, 0.3) is 0 Å². The second-order valence-electron chi connectivity index (χ2n) is 6.87. The fourth-order valence-electron chi connectivity index (χ4n) is 4.20. The van der Waals surface area contributed by atoms with E-state index in [0.29, 0.717) is 17.9 Å². The van der Waals surface area contributed by atoms with E-state index in [2.05, 4.69) is 29.6 Å². The van der Waals surface area contributed by atoms with Crippen LogP contribution in [0.4, 0.5) is 5.69 Å². The van der Waals surface area contributed by atoms with E-state index in [4.69, 9.17) is 14.2 Å². The van der Waals surface area contributed by atoms with Crippen molar-refractivity contribution in [3.63, 3.8) is 0 Å². The van der Waals surface area contributed by atoms with Crippen molar-refractivity contribution in [3.05, 3.63) is 71.3 Å². The summed E-state index contributed by atoms with van der Waals surface area (Å²) in [7, 11) is 0. The second-order valence-corrected chi connectivity index (χ2v) is 6.87. The minimum absolute atomic E-state index is 0.224. The predicted octanol–water partition coefficient (Wildman–Crippen LogP) is 4.05. The van der Waals surface area contributed by atoms with Gasteiger partial charge >= 0.3 is 5.97 Å². The number of rotatable bonds is 1. The Bertz CT molecular complexity index is 1160. The number of carbonyl (C=O) groups is 1. The van der Waals surface area contributed by atoms with Crippen LogP contribution in [0, 0.1) is 0 Å². The van der Waals surface area contributed by atoms with E-state index < -0.39 is 0 Å². The largest absolute Gasteiger partial charge is 0.457 e. The Hall–Kier alpha value is -3.47. The van der Waals surface area contributed by atoms with Gasteiger partial charge in [-0.3, -0.25) is 0 Å². The van der Waals surface area contributed by atoms with Gasteiger partial charge in [-0.2, -0.15) is 0 Å². The maximum atomic E-state index is 12.6. The van der Waals surface area contributed by atoms with Gasteiger partial charge in [-0.1, -0.05) is 36.4 Å². The van der Waals surface area contributed by atoms with E-state index >= 15 is 0 Å². The molecule has 0 aromatic heterocycles. The van der Waals surface area contributed by atoms with Crippen molar-refractivity contribution in [2.45, 2.75) is 6.04 Å². The highest BCUT2D eigenvalue weighted by Gasteiger charge is 2.38. The molecular formula is C22H15NO4. The summed E-state index contributed by atoms with van der Waals surface area (Å²) >= 11 is 0. The third-order valence-corrected chi connectivity index (χ3v) is 5.44. The standard InChI is InChI=1S/C22H15NO4/c24-22-20-15(10-25-22)19-14-4-2-1-3-12(14)5-7-16(19)23-21(20)13-6-8-17-18(9-13)27-11-26-17/h1-9,21,23H,10-11H2/t21-/m0/s1. The Kier molecular flexibility index (Phi) is 2.86. The van der Waals surface area contributed by atoms with Crippen LogP contribution in [-0.2, 0) is 9.53 Å². The van der Waals surface area contributed by atoms with Gasteiger partial charge in [0.2, 0.25) is 6.79 Å². The zero-order valence-electron chi connectivity index (χ0n) is 14.3. The van der Waals surface area contributed by atoms with Crippen molar-refractivity contribution < 1.29 is 19.0 Å². The summed E-state index contributed by atoms with van der Waals surface area (Å²) in [5, 5.41) is 5.81. The van der Waals surface area contributed by atoms with Crippen LogP contribution in [0.3, 0.4) is 0 Å². The summed E-state index contributed by atoms with van der Waals surface area (Å²) in [6.45, 7) is 0.527. The molecule has 27 heavy (non-hydrogen) atoms. The zero-order valence-corrected chi connectivity index (χ0v) is 14.3. The maximum Gasteiger partial charge on any atom is 0.337 e. The molecule has 0 spiro atoms. The van der Waals surface area contributed by atoms with E-state index in [1.165, 1.54) is 0 Å². The monoisotopic (exact) mass is 357 g/mol. The molecule has 1 atom stereocenters. The summed E-state index contributed by atoms with van der Waals surface area (Å²) in [4.78, 5) is 12.6. The first-order valence-corrected chi connectivity index (χ1v) is 8.88. The molecule has 3 aliphatic heterocycles. The molecule has 6 rings (SSSR count). The van der Waals surface area contributed by atoms with Crippen molar-refractivity contribution >= 4 is 28.0 Å². The van der Waals surface area contributed by atoms with Crippen LogP contribution in [0.15, 0.2) is 60.2 Å². The lowest BCUT2D eigenvalue weighted by atomic mass is 9.85. The van der Waals surface area contributed by atoms with Crippen molar-refractivity contribution in [3.8, 4) is 11.5 Å². The van der Waals surface area contributed by atoms with Crippen LogP contribution in [0.25, 0.3) is 16.3 Å². The first kappa shape index (κ1) is 14.7. The molecule has 0 fully saturated rings. The number of anilines is 1. The molecule has 3 aliphatic rings. The van der Waals surface area contributed by atoms with Crippen LogP contribution in [0.2, 0.25) is 0 Å². The Labute approximate surface area is 155 Å². The molecule has 0 aliphatic carbocycles. The number of carbonyl (C=O) groups excluding carboxylic acids is 1. The second kappa shape index (κ2) is 5.27. The number of fused-ring (bicyclic) bond motifs is 5. The van der Waals surface area contributed by atoms with Gasteiger partial charge < -0.3 is 19.5 Å². The highest BCUT2D eigenvalue weighted by atomic mass is 16.7. The van der Waals surface area contributed by atoms with E-state index in [0.717, 1.165) is 38.9 Å². The number of hydrogen-bond donors (Lipinski definition) is 1. The van der Waals surface area contributed by atoms with Crippen molar-refractivity contribution in [2.24, 2.45) is 0 Å². The first-order valence-electron chi connectivity index (χ1n) is 8.88. The summed E-state index contributed by atoms with van der Waals surface area (Å²) in [5.41, 5.74) is 4.66. The van der Waals surface area contributed by atoms with E-state index in [-0.39, 0.29) is 18.8 Å². The zero-order chi connectivity index (χ0) is 18.0.